The van der Waals surface area contributed by atoms with Gasteiger partial charge in [-0.3, -0.25) is 9.69 Å². The van der Waals surface area contributed by atoms with Crippen LogP contribution >= 0.6 is 0 Å². The molecule has 10 nitrogen and oxygen atoms in total. The smallest absolute Gasteiger partial charge is 0.249 e. The van der Waals surface area contributed by atoms with Crippen LogP contribution < -0.4 is 4.74 Å². The quantitative estimate of drug-likeness (QED) is 0.432. The topological polar surface area (TPSA) is 97.2 Å². The summed E-state index contributed by atoms with van der Waals surface area (Å²) in [6.07, 6.45) is 5.92. The fourth-order valence-corrected chi connectivity index (χ4v) is 6.66. The molecular formula is C26H39N5O5S. The van der Waals surface area contributed by atoms with E-state index in [4.69, 9.17) is 14.5 Å². The van der Waals surface area contributed by atoms with Crippen molar-refractivity contribution >= 4 is 15.9 Å². The Hall–Kier alpha value is -2.47. The van der Waals surface area contributed by atoms with E-state index in [1.165, 1.54) is 30.6 Å². The molecule has 4 rings (SSSR count). The molecule has 0 unspecified atom stereocenters. The Morgan fingerprint density at radius 2 is 1.78 bits per heavy atom. The maximum absolute atomic E-state index is 13.1. The zero-order valence-electron chi connectivity index (χ0n) is 22.4. The molecule has 1 aromatic heterocycles. The van der Waals surface area contributed by atoms with Crippen molar-refractivity contribution in [2.24, 2.45) is 0 Å². The molecule has 11 heteroatoms. The molecule has 3 heterocycles. The summed E-state index contributed by atoms with van der Waals surface area (Å²) in [5.74, 6) is 1.42. The second-order valence-electron chi connectivity index (χ2n) is 9.96. The second-order valence-corrected chi connectivity index (χ2v) is 11.9. The van der Waals surface area contributed by atoms with Gasteiger partial charge in [0.1, 0.15) is 18.2 Å². The highest BCUT2D eigenvalue weighted by atomic mass is 32.2. The number of amides is 1. The molecule has 0 atom stereocenters. The van der Waals surface area contributed by atoms with Crippen LogP contribution in [0.5, 0.6) is 5.75 Å². The minimum absolute atomic E-state index is 0.0875. The van der Waals surface area contributed by atoms with Gasteiger partial charge in [0.25, 0.3) is 0 Å². The number of ether oxygens (including phenoxy) is 2. The summed E-state index contributed by atoms with van der Waals surface area (Å²) in [5.41, 5.74) is 2.32. The third kappa shape index (κ3) is 6.51. The minimum Gasteiger partial charge on any atom is -0.497 e. The molecule has 0 N–H and O–H groups in total. The van der Waals surface area contributed by atoms with Crippen LogP contribution in [0.25, 0.3) is 0 Å². The minimum atomic E-state index is -3.70. The normalized spacial score (nSPS) is 16.7. The Morgan fingerprint density at radius 3 is 2.46 bits per heavy atom. The van der Waals surface area contributed by atoms with Gasteiger partial charge in [0.2, 0.25) is 15.9 Å². The number of hydrogen-bond acceptors (Lipinski definition) is 7. The predicted octanol–water partition coefficient (Wildman–Crippen LogP) is 2.17. The van der Waals surface area contributed by atoms with Gasteiger partial charge in [-0.1, -0.05) is 6.42 Å². The molecule has 0 bridgehead atoms. The number of imidazole rings is 1. The van der Waals surface area contributed by atoms with Gasteiger partial charge in [0, 0.05) is 39.4 Å². The predicted molar refractivity (Wildman–Crippen MR) is 140 cm³/mol. The number of fused-ring (bicyclic) bond motifs is 1. The molecule has 0 aliphatic carbocycles. The van der Waals surface area contributed by atoms with Gasteiger partial charge in [-0.05, 0) is 63.0 Å². The molecule has 2 aromatic rings. The zero-order chi connectivity index (χ0) is 26.6. The Bertz CT molecular complexity index is 1180. The standard InChI is InChI=1S/C26H39N5O5S/c1-20-14-23(35-4)15-21(2)26(20)37(33,34)28(3)12-13-36-19-25(32)31-11-10-30-17-22(27-24(30)18-31)16-29-8-6-5-7-9-29/h14-15,17H,5-13,16,18-19H2,1-4H3. The number of piperidine rings is 1. The number of methoxy groups -OCH3 is 1. The Kier molecular flexibility index (Phi) is 8.89. The molecule has 0 spiro atoms. The van der Waals surface area contributed by atoms with Crippen LogP contribution in [0.3, 0.4) is 0 Å². The van der Waals surface area contributed by atoms with E-state index in [-0.39, 0.29) is 30.6 Å². The molecular weight excluding hydrogens is 494 g/mol. The van der Waals surface area contributed by atoms with Crippen LogP contribution in [0, 0.1) is 13.8 Å². The van der Waals surface area contributed by atoms with Gasteiger partial charge in [0.15, 0.2) is 0 Å². The van der Waals surface area contributed by atoms with Crippen LogP contribution in [0.2, 0.25) is 0 Å². The molecule has 1 fully saturated rings. The number of likely N-dealkylation sites (N-methyl/N-ethyl adjacent to an activating group) is 1. The van der Waals surface area contributed by atoms with Crippen molar-refractivity contribution in [2.75, 3.05) is 53.6 Å². The number of hydrogen-bond donors (Lipinski definition) is 0. The number of sulfonamides is 1. The van der Waals surface area contributed by atoms with Crippen molar-refractivity contribution in [3.05, 3.63) is 41.0 Å². The van der Waals surface area contributed by atoms with Crippen molar-refractivity contribution in [1.29, 1.82) is 0 Å². The van der Waals surface area contributed by atoms with Crippen molar-refractivity contribution in [3.8, 4) is 5.75 Å². The number of aryl methyl sites for hydroxylation is 2. The van der Waals surface area contributed by atoms with Crippen molar-refractivity contribution in [2.45, 2.75) is 57.6 Å². The highest BCUT2D eigenvalue weighted by molar-refractivity contribution is 7.89. The first-order chi connectivity index (χ1) is 17.7. The van der Waals surface area contributed by atoms with Crippen LogP contribution in [0.4, 0.5) is 0 Å². The van der Waals surface area contributed by atoms with Gasteiger partial charge < -0.3 is 18.9 Å². The summed E-state index contributed by atoms with van der Waals surface area (Å²) in [6, 6.07) is 3.42. The Labute approximate surface area is 220 Å². The highest BCUT2D eigenvalue weighted by Crippen LogP contribution is 2.27. The van der Waals surface area contributed by atoms with Crippen LogP contribution in [-0.2, 0) is 39.2 Å². The fourth-order valence-electron chi connectivity index (χ4n) is 5.10. The van der Waals surface area contributed by atoms with Crippen molar-refractivity contribution in [3.63, 3.8) is 0 Å². The van der Waals surface area contributed by atoms with E-state index in [0.29, 0.717) is 30.0 Å². The third-order valence-corrected chi connectivity index (χ3v) is 9.32. The van der Waals surface area contributed by atoms with E-state index in [1.54, 1.807) is 38.0 Å². The number of benzene rings is 1. The van der Waals surface area contributed by atoms with E-state index in [2.05, 4.69) is 15.7 Å². The average molecular weight is 534 g/mol. The van der Waals surface area contributed by atoms with Crippen LogP contribution in [0.1, 0.15) is 41.9 Å². The molecule has 37 heavy (non-hydrogen) atoms. The second kappa shape index (κ2) is 11.9. The molecule has 0 radical (unpaired) electrons. The summed E-state index contributed by atoms with van der Waals surface area (Å²) < 4.78 is 40.5. The lowest BCUT2D eigenvalue weighted by molar-refractivity contribution is -0.137. The van der Waals surface area contributed by atoms with E-state index >= 15 is 0 Å². The number of aromatic nitrogens is 2. The van der Waals surface area contributed by atoms with E-state index in [1.807, 2.05) is 0 Å². The van der Waals surface area contributed by atoms with Crippen molar-refractivity contribution in [1.82, 2.24) is 23.7 Å². The third-order valence-electron chi connectivity index (χ3n) is 7.15. The largest absolute Gasteiger partial charge is 0.497 e. The first-order valence-corrected chi connectivity index (χ1v) is 14.4. The first kappa shape index (κ1) is 27.6. The average Bonchev–Trinajstić information content (AvgIpc) is 3.27. The van der Waals surface area contributed by atoms with Gasteiger partial charge in [-0.25, -0.2) is 13.4 Å². The molecule has 1 amide bonds. The molecule has 2 aliphatic heterocycles. The van der Waals surface area contributed by atoms with E-state index < -0.39 is 10.0 Å². The highest BCUT2D eigenvalue weighted by Gasteiger charge is 2.26. The first-order valence-electron chi connectivity index (χ1n) is 12.9. The molecule has 1 aromatic carbocycles. The monoisotopic (exact) mass is 533 g/mol. The Balaban J connectivity index is 1.25. The van der Waals surface area contributed by atoms with Crippen LogP contribution in [0.15, 0.2) is 23.2 Å². The lowest BCUT2D eigenvalue weighted by Gasteiger charge is -2.27. The number of nitrogens with zero attached hydrogens (tertiary/aromatic N) is 5. The number of likely N-dealkylation sites (tertiary alicyclic amines) is 1. The summed E-state index contributed by atoms with van der Waals surface area (Å²) in [6.45, 7) is 8.60. The fraction of sp³-hybridized carbons (Fsp3) is 0.615. The number of rotatable bonds is 10. The van der Waals surface area contributed by atoms with Gasteiger partial charge in [0.05, 0.1) is 30.9 Å². The summed E-state index contributed by atoms with van der Waals surface area (Å²) >= 11 is 0. The Morgan fingerprint density at radius 1 is 1.08 bits per heavy atom. The maximum atomic E-state index is 13.1. The maximum Gasteiger partial charge on any atom is 0.249 e. The number of carbonyl (C=O) groups is 1. The van der Waals surface area contributed by atoms with Gasteiger partial charge in [-0.15, -0.1) is 0 Å². The lowest BCUT2D eigenvalue weighted by Crippen LogP contribution is -2.40. The zero-order valence-corrected chi connectivity index (χ0v) is 23.2. The molecule has 204 valence electrons. The molecule has 0 saturated carbocycles. The van der Waals surface area contributed by atoms with Gasteiger partial charge in [-0.2, -0.15) is 4.31 Å². The summed E-state index contributed by atoms with van der Waals surface area (Å²) in [4.78, 5) is 22.0. The summed E-state index contributed by atoms with van der Waals surface area (Å²) in [7, 11) is -0.623. The van der Waals surface area contributed by atoms with E-state index in [0.717, 1.165) is 37.7 Å². The van der Waals surface area contributed by atoms with Gasteiger partial charge >= 0.3 is 0 Å². The summed E-state index contributed by atoms with van der Waals surface area (Å²) in [5, 5.41) is 0. The number of carbonyl (C=O) groups excluding carboxylic acids is 1. The van der Waals surface area contributed by atoms with E-state index in [9.17, 15) is 13.2 Å². The lowest BCUT2D eigenvalue weighted by atomic mass is 10.1. The molecule has 2 aliphatic rings. The molecule has 1 saturated heterocycles. The van der Waals surface area contributed by atoms with Crippen LogP contribution in [-0.4, -0.2) is 91.5 Å². The van der Waals surface area contributed by atoms with Crippen molar-refractivity contribution < 1.29 is 22.7 Å². The SMILES string of the molecule is COc1cc(C)c(S(=O)(=O)N(C)CCOCC(=O)N2CCn3cc(CN4CCCCC4)nc3C2)c(C)c1.